The summed E-state index contributed by atoms with van der Waals surface area (Å²) >= 11 is 0. The lowest BCUT2D eigenvalue weighted by Gasteiger charge is -2.41. The number of carbonyl (C=O) groups is 1. The van der Waals surface area contributed by atoms with E-state index in [9.17, 15) is 4.79 Å². The highest BCUT2D eigenvalue weighted by Gasteiger charge is 2.31. The van der Waals surface area contributed by atoms with Crippen molar-refractivity contribution in [3.63, 3.8) is 0 Å². The van der Waals surface area contributed by atoms with Gasteiger partial charge in [-0.3, -0.25) is 14.7 Å². The summed E-state index contributed by atoms with van der Waals surface area (Å²) in [7, 11) is 1.69. The minimum Gasteiger partial charge on any atom is -0.383 e. The number of rotatable bonds is 8. The SMILES string of the molecule is CC[C@@H](COC)NC(=O)C1CCN(C2CCN(Cc3cccc(C)n3)CC2)CC1. The first-order valence-electron chi connectivity index (χ1n) is 11.3. The number of carbonyl (C=O) groups excluding carboxylic acids is 1. The molecule has 3 rings (SSSR count). The Morgan fingerprint density at radius 2 is 1.93 bits per heavy atom. The lowest BCUT2D eigenvalue weighted by Crippen LogP contribution is -2.50. The molecule has 0 aliphatic carbocycles. The standard InChI is InChI=1S/C23H38N4O2/c1-4-20(17-29-3)25-23(28)19-8-14-27(15-9-19)22-10-12-26(13-11-22)16-21-7-5-6-18(2)24-21/h5-7,19-20,22H,4,8-17H2,1-3H3,(H,25,28)/t20-/m0/s1. The minimum atomic E-state index is 0.137. The number of pyridine rings is 1. The van der Waals surface area contributed by atoms with E-state index in [2.05, 4.69) is 52.1 Å². The van der Waals surface area contributed by atoms with Crippen LogP contribution in [-0.4, -0.2) is 72.7 Å². The molecule has 1 N–H and O–H groups in total. The van der Waals surface area contributed by atoms with Gasteiger partial charge in [-0.1, -0.05) is 13.0 Å². The van der Waals surface area contributed by atoms with Crippen LogP contribution in [-0.2, 0) is 16.1 Å². The van der Waals surface area contributed by atoms with Gasteiger partial charge < -0.3 is 15.0 Å². The van der Waals surface area contributed by atoms with Crippen molar-refractivity contribution in [1.82, 2.24) is 20.1 Å². The first-order chi connectivity index (χ1) is 14.1. The van der Waals surface area contributed by atoms with E-state index in [1.165, 1.54) is 18.5 Å². The normalized spacial score (nSPS) is 21.2. The molecule has 1 aromatic rings. The Hall–Kier alpha value is -1.50. The van der Waals surface area contributed by atoms with Crippen LogP contribution in [0, 0.1) is 12.8 Å². The molecule has 2 aliphatic rings. The van der Waals surface area contributed by atoms with Gasteiger partial charge in [-0.05, 0) is 64.3 Å². The van der Waals surface area contributed by atoms with Gasteiger partial charge in [-0.15, -0.1) is 0 Å². The molecule has 0 spiro atoms. The molecule has 2 aliphatic heterocycles. The quantitative estimate of drug-likeness (QED) is 0.724. The molecular weight excluding hydrogens is 364 g/mol. The Bertz CT molecular complexity index is 638. The van der Waals surface area contributed by atoms with Gasteiger partial charge >= 0.3 is 0 Å². The van der Waals surface area contributed by atoms with Gasteiger partial charge in [0, 0.05) is 44.4 Å². The average molecular weight is 403 g/mol. The van der Waals surface area contributed by atoms with E-state index >= 15 is 0 Å². The van der Waals surface area contributed by atoms with E-state index in [1.54, 1.807) is 7.11 Å². The molecule has 2 fully saturated rings. The molecule has 0 aromatic carbocycles. The number of aromatic nitrogens is 1. The number of hydrogen-bond acceptors (Lipinski definition) is 5. The number of methoxy groups -OCH3 is 1. The number of ether oxygens (including phenoxy) is 1. The van der Waals surface area contributed by atoms with Crippen LogP contribution < -0.4 is 5.32 Å². The van der Waals surface area contributed by atoms with Crippen molar-refractivity contribution >= 4 is 5.91 Å². The van der Waals surface area contributed by atoms with Crippen LogP contribution in [0.2, 0.25) is 0 Å². The highest BCUT2D eigenvalue weighted by molar-refractivity contribution is 5.79. The highest BCUT2D eigenvalue weighted by atomic mass is 16.5. The Morgan fingerprint density at radius 1 is 1.21 bits per heavy atom. The molecule has 1 aromatic heterocycles. The van der Waals surface area contributed by atoms with Crippen LogP contribution >= 0.6 is 0 Å². The van der Waals surface area contributed by atoms with Crippen LogP contribution in [0.5, 0.6) is 0 Å². The molecule has 0 bridgehead atoms. The van der Waals surface area contributed by atoms with Crippen molar-refractivity contribution < 1.29 is 9.53 Å². The summed E-state index contributed by atoms with van der Waals surface area (Å²) in [5.41, 5.74) is 2.27. The molecule has 0 saturated carbocycles. The predicted molar refractivity (Wildman–Crippen MR) is 116 cm³/mol. The molecule has 29 heavy (non-hydrogen) atoms. The second-order valence-electron chi connectivity index (χ2n) is 8.66. The lowest BCUT2D eigenvalue weighted by molar-refractivity contribution is -0.127. The summed E-state index contributed by atoms with van der Waals surface area (Å²) in [6.45, 7) is 10.1. The van der Waals surface area contributed by atoms with Crippen LogP contribution in [0.25, 0.3) is 0 Å². The topological polar surface area (TPSA) is 57.7 Å². The summed E-state index contributed by atoms with van der Waals surface area (Å²) in [5, 5.41) is 3.17. The molecule has 3 heterocycles. The maximum Gasteiger partial charge on any atom is 0.223 e. The van der Waals surface area contributed by atoms with Gasteiger partial charge in [0.05, 0.1) is 18.3 Å². The van der Waals surface area contributed by atoms with E-state index in [1.807, 2.05) is 0 Å². The van der Waals surface area contributed by atoms with Crippen molar-refractivity contribution in [3.05, 3.63) is 29.6 Å². The van der Waals surface area contributed by atoms with Gasteiger partial charge in [0.15, 0.2) is 0 Å². The number of amides is 1. The van der Waals surface area contributed by atoms with Crippen molar-refractivity contribution in [3.8, 4) is 0 Å². The third kappa shape index (κ3) is 6.49. The maximum atomic E-state index is 12.6. The first kappa shape index (κ1) is 22.2. The third-order valence-electron chi connectivity index (χ3n) is 6.51. The monoisotopic (exact) mass is 402 g/mol. The first-order valence-corrected chi connectivity index (χ1v) is 11.3. The molecule has 1 amide bonds. The largest absolute Gasteiger partial charge is 0.383 e. The zero-order chi connectivity index (χ0) is 20.6. The molecule has 2 saturated heterocycles. The van der Waals surface area contributed by atoms with Gasteiger partial charge in [-0.25, -0.2) is 0 Å². The molecule has 162 valence electrons. The summed E-state index contributed by atoms with van der Waals surface area (Å²) < 4.78 is 5.20. The molecule has 0 radical (unpaired) electrons. The Balaban J connectivity index is 1.39. The summed E-state index contributed by atoms with van der Waals surface area (Å²) in [5.74, 6) is 0.374. The Morgan fingerprint density at radius 3 is 2.55 bits per heavy atom. The fraction of sp³-hybridized carbons (Fsp3) is 0.739. The van der Waals surface area contributed by atoms with Crippen molar-refractivity contribution in [1.29, 1.82) is 0 Å². The second kappa shape index (κ2) is 11.0. The summed E-state index contributed by atoms with van der Waals surface area (Å²) in [4.78, 5) is 22.4. The van der Waals surface area contributed by atoms with Gasteiger partial charge in [0.25, 0.3) is 0 Å². The predicted octanol–water partition coefficient (Wildman–Crippen LogP) is 2.61. The van der Waals surface area contributed by atoms with Gasteiger partial charge in [0.1, 0.15) is 0 Å². The average Bonchev–Trinajstić information content (AvgIpc) is 2.74. The fourth-order valence-electron chi connectivity index (χ4n) is 4.67. The van der Waals surface area contributed by atoms with E-state index in [-0.39, 0.29) is 17.9 Å². The lowest BCUT2D eigenvalue weighted by atomic mass is 9.92. The number of likely N-dealkylation sites (tertiary alicyclic amines) is 2. The van der Waals surface area contributed by atoms with Gasteiger partial charge in [0.2, 0.25) is 5.91 Å². The molecular formula is C23H38N4O2. The zero-order valence-corrected chi connectivity index (χ0v) is 18.4. The maximum absolute atomic E-state index is 12.6. The number of nitrogens with one attached hydrogen (secondary N) is 1. The molecule has 0 unspecified atom stereocenters. The molecule has 6 heteroatoms. The minimum absolute atomic E-state index is 0.137. The van der Waals surface area contributed by atoms with Crippen LogP contribution in [0.4, 0.5) is 0 Å². The van der Waals surface area contributed by atoms with Crippen molar-refractivity contribution in [2.24, 2.45) is 5.92 Å². The second-order valence-corrected chi connectivity index (χ2v) is 8.66. The van der Waals surface area contributed by atoms with Crippen LogP contribution in [0.1, 0.15) is 50.4 Å². The third-order valence-corrected chi connectivity index (χ3v) is 6.51. The Kier molecular flexibility index (Phi) is 8.45. The van der Waals surface area contributed by atoms with E-state index in [0.29, 0.717) is 12.6 Å². The summed E-state index contributed by atoms with van der Waals surface area (Å²) in [6, 6.07) is 7.09. The zero-order valence-electron chi connectivity index (χ0n) is 18.4. The molecule has 6 nitrogen and oxygen atoms in total. The van der Waals surface area contributed by atoms with E-state index in [0.717, 1.165) is 57.7 Å². The number of piperidine rings is 2. The van der Waals surface area contributed by atoms with Crippen molar-refractivity contribution in [2.75, 3.05) is 39.9 Å². The fourth-order valence-corrected chi connectivity index (χ4v) is 4.67. The van der Waals surface area contributed by atoms with E-state index < -0.39 is 0 Å². The highest BCUT2D eigenvalue weighted by Crippen LogP contribution is 2.24. The van der Waals surface area contributed by atoms with Gasteiger partial charge in [-0.2, -0.15) is 0 Å². The molecule has 1 atom stereocenters. The summed E-state index contributed by atoms with van der Waals surface area (Å²) in [6.07, 6.45) is 5.29. The Labute approximate surface area is 176 Å². The number of nitrogens with zero attached hydrogens (tertiary/aromatic N) is 3. The number of hydrogen-bond donors (Lipinski definition) is 1. The van der Waals surface area contributed by atoms with E-state index in [4.69, 9.17) is 4.74 Å². The van der Waals surface area contributed by atoms with Crippen LogP contribution in [0.15, 0.2) is 18.2 Å². The number of aryl methyl sites for hydroxylation is 1. The smallest absolute Gasteiger partial charge is 0.223 e. The van der Waals surface area contributed by atoms with Crippen molar-refractivity contribution in [2.45, 2.75) is 64.6 Å². The van der Waals surface area contributed by atoms with Crippen LogP contribution in [0.3, 0.4) is 0 Å².